The summed E-state index contributed by atoms with van der Waals surface area (Å²) in [7, 11) is 3.34. The lowest BCUT2D eigenvalue weighted by Gasteiger charge is -2.37. The van der Waals surface area contributed by atoms with Crippen LogP contribution >= 0.6 is 0 Å². The van der Waals surface area contributed by atoms with E-state index < -0.39 is 6.03 Å². The molecule has 3 rings (SSSR count). The Bertz CT molecular complexity index is 671. The first-order valence-electron chi connectivity index (χ1n) is 9.03. The molecule has 4 amide bonds. The van der Waals surface area contributed by atoms with E-state index in [9.17, 15) is 14.4 Å². The summed E-state index contributed by atoms with van der Waals surface area (Å²) in [5, 5.41) is 0. The smallest absolute Gasteiger partial charge is 0.327 e. The van der Waals surface area contributed by atoms with Gasteiger partial charge in [-0.3, -0.25) is 19.4 Å². The number of piperidine rings is 1. The predicted molar refractivity (Wildman–Crippen MR) is 97.3 cm³/mol. The van der Waals surface area contributed by atoms with E-state index in [4.69, 9.17) is 0 Å². The summed E-state index contributed by atoms with van der Waals surface area (Å²) in [6, 6.07) is 10.1. The van der Waals surface area contributed by atoms with Gasteiger partial charge in [0.2, 0.25) is 5.91 Å². The normalized spacial score (nSPS) is 19.3. The molecule has 0 saturated carbocycles. The first-order chi connectivity index (χ1) is 12.5. The molecule has 7 nitrogen and oxygen atoms in total. The number of nitrogens with zero attached hydrogens (tertiary/aromatic N) is 4. The van der Waals surface area contributed by atoms with Gasteiger partial charge in [-0.15, -0.1) is 0 Å². The summed E-state index contributed by atoms with van der Waals surface area (Å²) >= 11 is 0. The number of hydrogen-bond donors (Lipinski definition) is 0. The first kappa shape index (κ1) is 18.4. The third kappa shape index (κ3) is 4.04. The van der Waals surface area contributed by atoms with Gasteiger partial charge in [-0.2, -0.15) is 0 Å². The SMILES string of the molecule is CN1CC(=O)N(CC(=O)N(C)C2CCN(Cc3ccccc3)CC2)C1=O. The van der Waals surface area contributed by atoms with Crippen LogP contribution in [0.25, 0.3) is 0 Å². The minimum absolute atomic E-state index is 0.0493. The maximum atomic E-state index is 12.5. The second-order valence-corrected chi connectivity index (χ2v) is 7.12. The third-order valence-corrected chi connectivity index (χ3v) is 5.27. The fraction of sp³-hybridized carbons (Fsp3) is 0.526. The molecule has 1 aromatic rings. The number of carbonyl (C=O) groups excluding carboxylic acids is 3. The highest BCUT2D eigenvalue weighted by Gasteiger charge is 2.36. The van der Waals surface area contributed by atoms with Gasteiger partial charge in [-0.25, -0.2) is 4.79 Å². The van der Waals surface area contributed by atoms with Crippen LogP contribution in [0.1, 0.15) is 18.4 Å². The van der Waals surface area contributed by atoms with E-state index in [0.717, 1.165) is 37.4 Å². The van der Waals surface area contributed by atoms with Crippen LogP contribution < -0.4 is 0 Å². The second-order valence-electron chi connectivity index (χ2n) is 7.12. The average Bonchev–Trinajstić information content (AvgIpc) is 2.88. The van der Waals surface area contributed by atoms with Crippen molar-refractivity contribution >= 4 is 17.8 Å². The fourth-order valence-corrected chi connectivity index (χ4v) is 3.58. The Hall–Kier alpha value is -2.41. The van der Waals surface area contributed by atoms with Gasteiger partial charge >= 0.3 is 6.03 Å². The molecule has 0 aromatic heterocycles. The maximum Gasteiger partial charge on any atom is 0.327 e. The van der Waals surface area contributed by atoms with Crippen molar-refractivity contribution in [3.63, 3.8) is 0 Å². The van der Waals surface area contributed by atoms with Gasteiger partial charge < -0.3 is 9.80 Å². The van der Waals surface area contributed by atoms with Gasteiger partial charge in [-0.1, -0.05) is 30.3 Å². The molecule has 2 aliphatic heterocycles. The van der Waals surface area contributed by atoms with Crippen molar-refractivity contribution in [2.24, 2.45) is 0 Å². The zero-order valence-electron chi connectivity index (χ0n) is 15.4. The number of likely N-dealkylation sites (N-methyl/N-ethyl adjacent to an activating group) is 2. The molecule has 0 spiro atoms. The van der Waals surface area contributed by atoms with Crippen LogP contribution in [0.4, 0.5) is 4.79 Å². The molecule has 2 heterocycles. The van der Waals surface area contributed by atoms with E-state index in [1.165, 1.54) is 10.5 Å². The second kappa shape index (κ2) is 7.86. The lowest BCUT2D eigenvalue weighted by Crippen LogP contribution is -2.49. The topological polar surface area (TPSA) is 64.2 Å². The van der Waals surface area contributed by atoms with Crippen molar-refractivity contribution in [3.05, 3.63) is 35.9 Å². The van der Waals surface area contributed by atoms with E-state index in [2.05, 4.69) is 17.0 Å². The molecule has 140 valence electrons. The monoisotopic (exact) mass is 358 g/mol. The van der Waals surface area contributed by atoms with Crippen LogP contribution in [0.5, 0.6) is 0 Å². The molecule has 0 aliphatic carbocycles. The lowest BCUT2D eigenvalue weighted by atomic mass is 10.0. The third-order valence-electron chi connectivity index (χ3n) is 5.27. The van der Waals surface area contributed by atoms with Crippen LogP contribution in [0.15, 0.2) is 30.3 Å². The molecule has 1 aromatic carbocycles. The lowest BCUT2D eigenvalue weighted by molar-refractivity contribution is -0.137. The standard InChI is InChI=1S/C19H26N4O3/c1-20-13-18(25)23(19(20)26)14-17(24)21(2)16-8-10-22(11-9-16)12-15-6-4-3-5-7-15/h3-7,16H,8-14H2,1-2H3. The molecule has 2 aliphatic rings. The fourth-order valence-electron chi connectivity index (χ4n) is 3.58. The molecule has 2 saturated heterocycles. The van der Waals surface area contributed by atoms with Gasteiger partial charge in [-0.05, 0) is 18.4 Å². The van der Waals surface area contributed by atoms with Crippen molar-refractivity contribution in [2.45, 2.75) is 25.4 Å². The summed E-state index contributed by atoms with van der Waals surface area (Å²) in [5.74, 6) is -0.486. The number of carbonyl (C=O) groups is 3. The molecule has 7 heteroatoms. The molecule has 0 bridgehead atoms. The molecule has 0 unspecified atom stereocenters. The van der Waals surface area contributed by atoms with Crippen LogP contribution in [0, 0.1) is 0 Å². The Labute approximate surface area is 154 Å². The summed E-state index contributed by atoms with van der Waals surface area (Å²) in [5.41, 5.74) is 1.30. The Kier molecular flexibility index (Phi) is 5.56. The Morgan fingerprint density at radius 3 is 2.38 bits per heavy atom. The minimum atomic E-state index is -0.394. The van der Waals surface area contributed by atoms with E-state index in [1.54, 1.807) is 19.0 Å². The summed E-state index contributed by atoms with van der Waals surface area (Å²) in [4.78, 5) is 42.7. The Morgan fingerprint density at radius 1 is 1.15 bits per heavy atom. The summed E-state index contributed by atoms with van der Waals surface area (Å²) < 4.78 is 0. The van der Waals surface area contributed by atoms with Crippen molar-refractivity contribution in [3.8, 4) is 0 Å². The van der Waals surface area contributed by atoms with Gasteiger partial charge in [0.25, 0.3) is 5.91 Å². The summed E-state index contributed by atoms with van der Waals surface area (Å²) in [6.45, 7) is 2.67. The predicted octanol–water partition coefficient (Wildman–Crippen LogP) is 1.00. The minimum Gasteiger partial charge on any atom is -0.341 e. The van der Waals surface area contributed by atoms with Crippen molar-refractivity contribution in [1.29, 1.82) is 0 Å². The molecular formula is C19H26N4O3. The average molecular weight is 358 g/mol. The molecule has 26 heavy (non-hydrogen) atoms. The highest BCUT2D eigenvalue weighted by molar-refractivity contribution is 6.04. The molecule has 0 N–H and O–H groups in total. The van der Waals surface area contributed by atoms with Gasteiger partial charge in [0, 0.05) is 39.8 Å². The summed E-state index contributed by atoms with van der Waals surface area (Å²) in [6.07, 6.45) is 1.80. The quantitative estimate of drug-likeness (QED) is 0.737. The van der Waals surface area contributed by atoms with Crippen LogP contribution in [0.2, 0.25) is 0 Å². The van der Waals surface area contributed by atoms with Crippen LogP contribution in [-0.2, 0) is 16.1 Å². The molecular weight excluding hydrogens is 332 g/mol. The van der Waals surface area contributed by atoms with E-state index in [1.807, 2.05) is 18.2 Å². The highest BCUT2D eigenvalue weighted by Crippen LogP contribution is 2.18. The zero-order chi connectivity index (χ0) is 18.7. The van der Waals surface area contributed by atoms with Gasteiger partial charge in [0.1, 0.15) is 13.1 Å². The van der Waals surface area contributed by atoms with E-state index in [0.29, 0.717) is 0 Å². The largest absolute Gasteiger partial charge is 0.341 e. The van der Waals surface area contributed by atoms with E-state index >= 15 is 0 Å². The van der Waals surface area contributed by atoms with Crippen LogP contribution in [-0.4, -0.2) is 83.8 Å². The Balaban J connectivity index is 1.48. The van der Waals surface area contributed by atoms with Crippen molar-refractivity contribution < 1.29 is 14.4 Å². The molecule has 0 radical (unpaired) electrons. The van der Waals surface area contributed by atoms with E-state index in [-0.39, 0.29) is 30.9 Å². The Morgan fingerprint density at radius 2 is 1.81 bits per heavy atom. The van der Waals surface area contributed by atoms with Crippen molar-refractivity contribution in [1.82, 2.24) is 19.6 Å². The number of likely N-dealkylation sites (tertiary alicyclic amines) is 1. The zero-order valence-corrected chi connectivity index (χ0v) is 15.4. The number of hydrogen-bond acceptors (Lipinski definition) is 4. The number of benzene rings is 1. The van der Waals surface area contributed by atoms with Crippen LogP contribution in [0.3, 0.4) is 0 Å². The number of rotatable bonds is 5. The first-order valence-corrected chi connectivity index (χ1v) is 9.03. The number of urea groups is 1. The number of imide groups is 1. The highest BCUT2D eigenvalue weighted by atomic mass is 16.2. The maximum absolute atomic E-state index is 12.5. The molecule has 2 fully saturated rings. The van der Waals surface area contributed by atoms with Crippen molar-refractivity contribution in [2.75, 3.05) is 40.3 Å². The molecule has 0 atom stereocenters. The number of amides is 4. The van der Waals surface area contributed by atoms with Gasteiger partial charge in [0.15, 0.2) is 0 Å². The van der Waals surface area contributed by atoms with Gasteiger partial charge in [0.05, 0.1) is 0 Å².